The molecule has 1 amide bonds. The van der Waals surface area contributed by atoms with Crippen LogP contribution in [0.1, 0.15) is 17.3 Å². The molecule has 1 aromatic rings. The summed E-state index contributed by atoms with van der Waals surface area (Å²) in [6.45, 7) is 2.74. The number of likely N-dealkylation sites (N-methyl/N-ethyl adjacent to an activating group) is 1. The Kier molecular flexibility index (Phi) is 4.97. The lowest BCUT2D eigenvalue weighted by Crippen LogP contribution is -2.39. The molecule has 0 aliphatic carbocycles. The van der Waals surface area contributed by atoms with Gasteiger partial charge in [-0.2, -0.15) is 0 Å². The SMILES string of the molecule is COc1ccc(C(=O)NC(C)CN(C)C)c(N)c1. The zero-order valence-electron chi connectivity index (χ0n) is 11.4. The standard InChI is InChI=1S/C13H21N3O2/c1-9(8-16(2)3)15-13(17)11-6-5-10(18-4)7-12(11)14/h5-7,9H,8,14H2,1-4H3,(H,15,17). The Hall–Kier alpha value is -1.75. The summed E-state index contributed by atoms with van der Waals surface area (Å²) >= 11 is 0. The van der Waals surface area contributed by atoms with Crippen molar-refractivity contribution >= 4 is 11.6 Å². The largest absolute Gasteiger partial charge is 0.497 e. The lowest BCUT2D eigenvalue weighted by Gasteiger charge is -2.18. The van der Waals surface area contributed by atoms with E-state index in [-0.39, 0.29) is 11.9 Å². The van der Waals surface area contributed by atoms with E-state index in [1.54, 1.807) is 25.3 Å². The van der Waals surface area contributed by atoms with Crippen LogP contribution in [0.25, 0.3) is 0 Å². The van der Waals surface area contributed by atoms with Crippen molar-refractivity contribution in [1.29, 1.82) is 0 Å². The number of nitrogens with one attached hydrogen (secondary N) is 1. The first-order chi connectivity index (χ1) is 8.43. The van der Waals surface area contributed by atoms with Crippen LogP contribution < -0.4 is 15.8 Å². The minimum Gasteiger partial charge on any atom is -0.497 e. The molecule has 0 saturated carbocycles. The first kappa shape index (κ1) is 14.3. The number of anilines is 1. The average Bonchev–Trinajstić information content (AvgIpc) is 2.27. The summed E-state index contributed by atoms with van der Waals surface area (Å²) in [6, 6.07) is 5.10. The van der Waals surface area contributed by atoms with Crippen molar-refractivity contribution < 1.29 is 9.53 Å². The molecule has 0 aromatic heterocycles. The van der Waals surface area contributed by atoms with Crippen molar-refractivity contribution in [2.45, 2.75) is 13.0 Å². The summed E-state index contributed by atoms with van der Waals surface area (Å²) in [5.74, 6) is 0.481. The summed E-state index contributed by atoms with van der Waals surface area (Å²) in [5.41, 5.74) is 6.72. The lowest BCUT2D eigenvalue weighted by atomic mass is 10.1. The number of benzene rings is 1. The number of nitrogens with two attached hydrogens (primary N) is 1. The maximum Gasteiger partial charge on any atom is 0.253 e. The van der Waals surface area contributed by atoms with Gasteiger partial charge in [0, 0.05) is 24.3 Å². The summed E-state index contributed by atoms with van der Waals surface area (Å²) in [5, 5.41) is 2.90. The smallest absolute Gasteiger partial charge is 0.253 e. The molecule has 18 heavy (non-hydrogen) atoms. The van der Waals surface area contributed by atoms with Gasteiger partial charge in [-0.25, -0.2) is 0 Å². The molecule has 1 unspecified atom stereocenters. The van der Waals surface area contributed by atoms with Crippen LogP contribution in [0.15, 0.2) is 18.2 Å². The van der Waals surface area contributed by atoms with Crippen molar-refractivity contribution in [3.05, 3.63) is 23.8 Å². The third kappa shape index (κ3) is 3.92. The van der Waals surface area contributed by atoms with Crippen molar-refractivity contribution in [3.8, 4) is 5.75 Å². The molecular weight excluding hydrogens is 230 g/mol. The molecule has 5 heteroatoms. The van der Waals surface area contributed by atoms with E-state index in [1.165, 1.54) is 0 Å². The number of rotatable bonds is 5. The van der Waals surface area contributed by atoms with Crippen LogP contribution >= 0.6 is 0 Å². The normalized spacial score (nSPS) is 12.3. The molecule has 0 bridgehead atoms. The number of amides is 1. The van der Waals surface area contributed by atoms with Gasteiger partial charge in [-0.3, -0.25) is 4.79 Å². The van der Waals surface area contributed by atoms with E-state index < -0.39 is 0 Å². The summed E-state index contributed by atoms with van der Waals surface area (Å²) in [4.78, 5) is 14.0. The number of hydrogen-bond acceptors (Lipinski definition) is 4. The molecular formula is C13H21N3O2. The highest BCUT2D eigenvalue weighted by atomic mass is 16.5. The fourth-order valence-electron chi connectivity index (χ4n) is 1.77. The number of methoxy groups -OCH3 is 1. The summed E-state index contributed by atoms with van der Waals surface area (Å²) in [7, 11) is 5.49. The molecule has 100 valence electrons. The molecule has 0 radical (unpaired) electrons. The molecule has 5 nitrogen and oxygen atoms in total. The van der Waals surface area contributed by atoms with Crippen LogP contribution in [0.2, 0.25) is 0 Å². The maximum absolute atomic E-state index is 12.0. The summed E-state index contributed by atoms with van der Waals surface area (Å²) < 4.78 is 5.05. The van der Waals surface area contributed by atoms with E-state index in [2.05, 4.69) is 5.32 Å². The summed E-state index contributed by atoms with van der Waals surface area (Å²) in [6.07, 6.45) is 0. The van der Waals surface area contributed by atoms with Crippen molar-refractivity contribution in [2.24, 2.45) is 0 Å². The molecule has 0 spiro atoms. The number of hydrogen-bond donors (Lipinski definition) is 2. The maximum atomic E-state index is 12.0. The van der Waals surface area contributed by atoms with Gasteiger partial charge in [-0.15, -0.1) is 0 Å². The highest BCUT2D eigenvalue weighted by Gasteiger charge is 2.13. The predicted octanol–water partition coefficient (Wildman–Crippen LogP) is 0.957. The van der Waals surface area contributed by atoms with Gasteiger partial charge >= 0.3 is 0 Å². The van der Waals surface area contributed by atoms with Crippen LogP contribution in [-0.4, -0.2) is 44.6 Å². The molecule has 1 aromatic carbocycles. The third-order valence-corrected chi connectivity index (χ3v) is 2.52. The second-order valence-corrected chi connectivity index (χ2v) is 4.59. The van der Waals surface area contributed by atoms with Gasteiger partial charge in [0.2, 0.25) is 0 Å². The first-order valence-electron chi connectivity index (χ1n) is 5.83. The van der Waals surface area contributed by atoms with E-state index in [1.807, 2.05) is 25.9 Å². The highest BCUT2D eigenvalue weighted by Crippen LogP contribution is 2.19. The van der Waals surface area contributed by atoms with Gasteiger partial charge < -0.3 is 20.7 Å². The molecule has 0 aliphatic rings. The van der Waals surface area contributed by atoms with E-state index in [4.69, 9.17) is 10.5 Å². The van der Waals surface area contributed by atoms with Crippen LogP contribution in [0, 0.1) is 0 Å². The number of carbonyl (C=O) groups excluding carboxylic acids is 1. The second-order valence-electron chi connectivity index (χ2n) is 4.59. The van der Waals surface area contributed by atoms with Crippen molar-refractivity contribution in [1.82, 2.24) is 10.2 Å². The Morgan fingerprint density at radius 3 is 2.67 bits per heavy atom. The average molecular weight is 251 g/mol. The van der Waals surface area contributed by atoms with Crippen molar-refractivity contribution in [2.75, 3.05) is 33.5 Å². The predicted molar refractivity (Wildman–Crippen MR) is 72.9 cm³/mol. The molecule has 3 N–H and O–H groups in total. The fraction of sp³-hybridized carbons (Fsp3) is 0.462. The van der Waals surface area contributed by atoms with Crippen LogP contribution in [0.3, 0.4) is 0 Å². The van der Waals surface area contributed by atoms with Gasteiger partial charge in [0.05, 0.1) is 12.7 Å². The Morgan fingerprint density at radius 2 is 2.17 bits per heavy atom. The van der Waals surface area contributed by atoms with Gasteiger partial charge in [0.25, 0.3) is 5.91 Å². The third-order valence-electron chi connectivity index (χ3n) is 2.52. The number of nitrogens with zero attached hydrogens (tertiary/aromatic N) is 1. The highest BCUT2D eigenvalue weighted by molar-refractivity contribution is 5.99. The molecule has 0 aliphatic heterocycles. The quantitative estimate of drug-likeness (QED) is 0.765. The van der Waals surface area contributed by atoms with Crippen molar-refractivity contribution in [3.63, 3.8) is 0 Å². The first-order valence-corrected chi connectivity index (χ1v) is 5.83. The van der Waals surface area contributed by atoms with E-state index in [9.17, 15) is 4.79 Å². The number of carbonyl (C=O) groups is 1. The Morgan fingerprint density at radius 1 is 1.50 bits per heavy atom. The zero-order chi connectivity index (χ0) is 13.7. The number of nitrogen functional groups attached to an aromatic ring is 1. The van der Waals surface area contributed by atoms with Crippen LogP contribution in [-0.2, 0) is 0 Å². The van der Waals surface area contributed by atoms with E-state index in [0.29, 0.717) is 17.0 Å². The van der Waals surface area contributed by atoms with Gasteiger partial charge in [-0.1, -0.05) is 0 Å². The van der Waals surface area contributed by atoms with Gasteiger partial charge in [-0.05, 0) is 33.2 Å². The zero-order valence-corrected chi connectivity index (χ0v) is 11.4. The Bertz CT molecular complexity index is 419. The fourth-order valence-corrected chi connectivity index (χ4v) is 1.77. The molecule has 1 atom stereocenters. The molecule has 0 heterocycles. The van der Waals surface area contributed by atoms with E-state index >= 15 is 0 Å². The topological polar surface area (TPSA) is 67.6 Å². The van der Waals surface area contributed by atoms with Crippen LogP contribution in [0.4, 0.5) is 5.69 Å². The Balaban J connectivity index is 2.72. The molecule has 0 fully saturated rings. The van der Waals surface area contributed by atoms with E-state index in [0.717, 1.165) is 6.54 Å². The minimum atomic E-state index is -0.162. The number of ether oxygens (including phenoxy) is 1. The lowest BCUT2D eigenvalue weighted by molar-refractivity contribution is 0.0935. The van der Waals surface area contributed by atoms with Crippen LogP contribution in [0.5, 0.6) is 5.75 Å². The minimum absolute atomic E-state index is 0.0639. The molecule has 0 saturated heterocycles. The van der Waals surface area contributed by atoms with Gasteiger partial charge in [0.15, 0.2) is 0 Å². The monoisotopic (exact) mass is 251 g/mol. The second kappa shape index (κ2) is 6.26. The molecule has 1 rings (SSSR count). The van der Waals surface area contributed by atoms with Gasteiger partial charge in [0.1, 0.15) is 5.75 Å². The Labute approximate surface area is 108 Å².